The number of benzene rings is 2. The summed E-state index contributed by atoms with van der Waals surface area (Å²) in [5.41, 5.74) is 5.15. The van der Waals surface area contributed by atoms with E-state index in [0.29, 0.717) is 6.42 Å². The maximum Gasteiger partial charge on any atom is 0.123 e. The molecule has 4 rings (SSSR count). The van der Waals surface area contributed by atoms with Crippen LogP contribution in [-0.4, -0.2) is 16.7 Å². The van der Waals surface area contributed by atoms with Gasteiger partial charge in [-0.15, -0.1) is 11.3 Å². The molecule has 0 saturated heterocycles. The lowest BCUT2D eigenvalue weighted by Crippen LogP contribution is -1.86. The van der Waals surface area contributed by atoms with Crippen LogP contribution in [0.2, 0.25) is 0 Å². The van der Waals surface area contributed by atoms with E-state index in [1.165, 1.54) is 12.1 Å². The van der Waals surface area contributed by atoms with Crippen LogP contribution in [0, 0.1) is 17.7 Å². The lowest BCUT2D eigenvalue weighted by atomic mass is 9.93. The summed E-state index contributed by atoms with van der Waals surface area (Å²) in [4.78, 5) is 6.11. The maximum atomic E-state index is 13.5. The fourth-order valence-corrected chi connectivity index (χ4v) is 4.42. The standard InChI is InChI=1S/C25H18FNOS/c26-21-11-9-20(10-12-21)25-24(19-13-15-27-16-14-19)23(18-6-2-1-3-7-18)22(29-25)8-4-5-17-28/h1-3,6-7,9-16,28H,5,17H2. The second-order valence-corrected chi connectivity index (χ2v) is 7.42. The number of hydrogen-bond acceptors (Lipinski definition) is 3. The number of rotatable bonds is 4. The Morgan fingerprint density at radius 3 is 2.21 bits per heavy atom. The molecule has 0 aliphatic carbocycles. The zero-order valence-electron chi connectivity index (χ0n) is 15.6. The van der Waals surface area contributed by atoms with Gasteiger partial charge >= 0.3 is 0 Å². The Bertz CT molecular complexity index is 1160. The molecule has 0 aliphatic heterocycles. The molecule has 4 heteroatoms. The van der Waals surface area contributed by atoms with Crippen molar-refractivity contribution in [3.05, 3.63) is 89.8 Å². The number of nitrogens with zero attached hydrogens (tertiary/aromatic N) is 1. The molecule has 2 aromatic carbocycles. The highest BCUT2D eigenvalue weighted by Gasteiger charge is 2.21. The molecule has 0 saturated carbocycles. The van der Waals surface area contributed by atoms with Crippen molar-refractivity contribution < 1.29 is 9.50 Å². The van der Waals surface area contributed by atoms with E-state index in [2.05, 4.69) is 29.0 Å². The molecule has 0 aliphatic rings. The summed E-state index contributed by atoms with van der Waals surface area (Å²) in [5, 5.41) is 9.13. The summed E-state index contributed by atoms with van der Waals surface area (Å²) >= 11 is 1.59. The fraction of sp³-hybridized carbons (Fsp3) is 0.0800. The largest absolute Gasteiger partial charge is 0.395 e. The summed E-state index contributed by atoms with van der Waals surface area (Å²) < 4.78 is 13.5. The van der Waals surface area contributed by atoms with Crippen LogP contribution in [0.3, 0.4) is 0 Å². The van der Waals surface area contributed by atoms with E-state index in [9.17, 15) is 4.39 Å². The lowest BCUT2D eigenvalue weighted by Gasteiger charge is -2.09. The van der Waals surface area contributed by atoms with Crippen molar-refractivity contribution in [2.75, 3.05) is 6.61 Å². The second-order valence-electron chi connectivity index (χ2n) is 6.39. The molecule has 0 spiro atoms. The van der Waals surface area contributed by atoms with Gasteiger partial charge in [-0.2, -0.15) is 0 Å². The van der Waals surface area contributed by atoms with Gasteiger partial charge in [-0.1, -0.05) is 54.3 Å². The molecule has 0 fully saturated rings. The van der Waals surface area contributed by atoms with Crippen LogP contribution in [0.4, 0.5) is 4.39 Å². The van der Waals surface area contributed by atoms with Crippen molar-refractivity contribution in [2.24, 2.45) is 0 Å². The van der Waals surface area contributed by atoms with Crippen LogP contribution < -0.4 is 0 Å². The molecule has 1 N–H and O–H groups in total. The maximum absolute atomic E-state index is 13.5. The molecule has 29 heavy (non-hydrogen) atoms. The first-order valence-corrected chi connectivity index (χ1v) is 10.1. The number of hydrogen-bond donors (Lipinski definition) is 1. The van der Waals surface area contributed by atoms with Gasteiger partial charge in [-0.05, 0) is 41.0 Å². The van der Waals surface area contributed by atoms with Crippen molar-refractivity contribution >= 4 is 11.3 Å². The molecule has 0 atom stereocenters. The molecule has 142 valence electrons. The first-order chi connectivity index (χ1) is 14.3. The number of aromatic nitrogens is 1. The van der Waals surface area contributed by atoms with Gasteiger partial charge in [0.15, 0.2) is 0 Å². The summed E-state index contributed by atoms with van der Waals surface area (Å²) in [6, 6.07) is 20.6. The minimum absolute atomic E-state index is 0.0288. The third kappa shape index (κ3) is 4.12. The quantitative estimate of drug-likeness (QED) is 0.426. The third-order valence-corrected chi connectivity index (χ3v) is 5.64. The average Bonchev–Trinajstić information content (AvgIpc) is 3.15. The van der Waals surface area contributed by atoms with E-state index in [1.807, 2.05) is 30.3 Å². The molecule has 4 aromatic rings. The summed E-state index contributed by atoms with van der Waals surface area (Å²) in [5.74, 6) is 6.03. The molecule has 0 amide bonds. The first-order valence-electron chi connectivity index (χ1n) is 9.26. The highest BCUT2D eigenvalue weighted by Crippen LogP contribution is 2.47. The van der Waals surface area contributed by atoms with Crippen LogP contribution in [0.1, 0.15) is 11.3 Å². The normalized spacial score (nSPS) is 10.4. The average molecular weight is 399 g/mol. The van der Waals surface area contributed by atoms with Crippen LogP contribution in [0.25, 0.3) is 32.7 Å². The Labute approximate surface area is 173 Å². The minimum Gasteiger partial charge on any atom is -0.395 e. The van der Waals surface area contributed by atoms with Gasteiger partial charge in [0.2, 0.25) is 0 Å². The summed E-state index contributed by atoms with van der Waals surface area (Å²) in [6.07, 6.45) is 3.96. The zero-order chi connectivity index (χ0) is 20.1. The summed E-state index contributed by atoms with van der Waals surface area (Å²) in [6.45, 7) is 0.0288. The predicted octanol–water partition coefficient (Wildman–Crippen LogP) is 6.02. The van der Waals surface area contributed by atoms with Crippen LogP contribution in [0.15, 0.2) is 79.1 Å². The van der Waals surface area contributed by atoms with E-state index >= 15 is 0 Å². The molecule has 0 bridgehead atoms. The van der Waals surface area contributed by atoms with E-state index in [-0.39, 0.29) is 12.4 Å². The van der Waals surface area contributed by atoms with Crippen LogP contribution in [-0.2, 0) is 0 Å². The minimum atomic E-state index is -0.262. The number of aliphatic hydroxyl groups is 1. The first kappa shape index (κ1) is 19.1. The molecule has 0 radical (unpaired) electrons. The lowest BCUT2D eigenvalue weighted by molar-refractivity contribution is 0.305. The van der Waals surface area contributed by atoms with Gasteiger partial charge in [0, 0.05) is 34.8 Å². The van der Waals surface area contributed by atoms with Gasteiger partial charge < -0.3 is 5.11 Å². The number of halogens is 1. The van der Waals surface area contributed by atoms with E-state index in [0.717, 1.165) is 37.6 Å². The highest BCUT2D eigenvalue weighted by atomic mass is 32.1. The predicted molar refractivity (Wildman–Crippen MR) is 117 cm³/mol. The van der Waals surface area contributed by atoms with Crippen LogP contribution >= 0.6 is 11.3 Å². The second kappa shape index (κ2) is 8.83. The topological polar surface area (TPSA) is 33.1 Å². The van der Waals surface area contributed by atoms with Crippen molar-refractivity contribution in [3.63, 3.8) is 0 Å². The Hall–Kier alpha value is -3.26. The smallest absolute Gasteiger partial charge is 0.123 e. The third-order valence-electron chi connectivity index (χ3n) is 4.48. The molecule has 2 nitrogen and oxygen atoms in total. The Morgan fingerprint density at radius 2 is 1.52 bits per heavy atom. The van der Waals surface area contributed by atoms with Gasteiger partial charge in [0.1, 0.15) is 5.82 Å². The van der Waals surface area contributed by atoms with E-state index in [1.54, 1.807) is 35.9 Å². The SMILES string of the molecule is OCCC#Cc1sc(-c2ccc(F)cc2)c(-c2ccncc2)c1-c1ccccc1. The Kier molecular flexibility index (Phi) is 5.81. The highest BCUT2D eigenvalue weighted by molar-refractivity contribution is 7.17. The van der Waals surface area contributed by atoms with E-state index < -0.39 is 0 Å². The van der Waals surface area contributed by atoms with Crippen molar-refractivity contribution in [2.45, 2.75) is 6.42 Å². The molecule has 2 heterocycles. The summed E-state index contributed by atoms with van der Waals surface area (Å²) in [7, 11) is 0. The van der Waals surface area contributed by atoms with Gasteiger partial charge in [0.25, 0.3) is 0 Å². The molecule has 0 unspecified atom stereocenters. The van der Waals surface area contributed by atoms with Gasteiger partial charge in [-0.25, -0.2) is 4.39 Å². The van der Waals surface area contributed by atoms with Crippen molar-refractivity contribution in [1.82, 2.24) is 4.98 Å². The van der Waals surface area contributed by atoms with Crippen molar-refractivity contribution in [1.29, 1.82) is 0 Å². The number of aliphatic hydroxyl groups excluding tert-OH is 1. The fourth-order valence-electron chi connectivity index (χ4n) is 3.20. The van der Waals surface area contributed by atoms with Crippen molar-refractivity contribution in [3.8, 4) is 44.5 Å². The number of thiophene rings is 1. The Balaban J connectivity index is 2.03. The van der Waals surface area contributed by atoms with Gasteiger partial charge in [-0.3, -0.25) is 4.98 Å². The Morgan fingerprint density at radius 1 is 0.828 bits per heavy atom. The van der Waals surface area contributed by atoms with Gasteiger partial charge in [0.05, 0.1) is 11.5 Å². The molecule has 2 aromatic heterocycles. The zero-order valence-corrected chi connectivity index (χ0v) is 16.4. The molecular weight excluding hydrogens is 381 g/mol. The number of pyridine rings is 1. The monoisotopic (exact) mass is 399 g/mol. The van der Waals surface area contributed by atoms with Crippen LogP contribution in [0.5, 0.6) is 0 Å². The molecular formula is C25H18FNOS. The van der Waals surface area contributed by atoms with E-state index in [4.69, 9.17) is 5.11 Å².